The molecule has 1 saturated heterocycles. The van der Waals surface area contributed by atoms with Crippen LogP contribution in [-0.4, -0.2) is 49.6 Å². The Hall–Kier alpha value is -1.88. The van der Waals surface area contributed by atoms with Crippen LogP contribution in [0.2, 0.25) is 0 Å². The van der Waals surface area contributed by atoms with Crippen LogP contribution in [0.25, 0.3) is 0 Å². The maximum Gasteiger partial charge on any atom is 0.254 e. The van der Waals surface area contributed by atoms with E-state index in [0.717, 1.165) is 41.8 Å². The van der Waals surface area contributed by atoms with Crippen LogP contribution >= 0.6 is 0 Å². The van der Waals surface area contributed by atoms with E-state index >= 15 is 0 Å². The van der Waals surface area contributed by atoms with Gasteiger partial charge in [-0.3, -0.25) is 9.59 Å². The van der Waals surface area contributed by atoms with Crippen LogP contribution in [0.5, 0.6) is 0 Å². The second-order valence-corrected chi connectivity index (χ2v) is 5.87. The van der Waals surface area contributed by atoms with Gasteiger partial charge in [-0.15, -0.1) is 0 Å². The van der Waals surface area contributed by atoms with Crippen molar-refractivity contribution in [1.82, 2.24) is 4.90 Å². The molecular weight excluding hydrogens is 268 g/mol. The van der Waals surface area contributed by atoms with E-state index in [-0.39, 0.29) is 11.8 Å². The van der Waals surface area contributed by atoms with Gasteiger partial charge in [-0.2, -0.15) is 0 Å². The topological polar surface area (TPSA) is 49.9 Å². The number of benzene rings is 1. The molecule has 0 saturated carbocycles. The Morgan fingerprint density at radius 1 is 1.10 bits per heavy atom. The van der Waals surface area contributed by atoms with Crippen LogP contribution in [0.3, 0.4) is 0 Å². The molecule has 3 aliphatic rings. The highest BCUT2D eigenvalue weighted by Crippen LogP contribution is 2.37. The fourth-order valence-corrected chi connectivity index (χ4v) is 3.55. The molecule has 0 radical (unpaired) electrons. The average molecular weight is 286 g/mol. The van der Waals surface area contributed by atoms with Gasteiger partial charge in [0.25, 0.3) is 5.91 Å². The van der Waals surface area contributed by atoms with Gasteiger partial charge in [0.05, 0.1) is 25.3 Å². The van der Waals surface area contributed by atoms with E-state index < -0.39 is 0 Å². The van der Waals surface area contributed by atoms with Gasteiger partial charge in [-0.1, -0.05) is 0 Å². The number of rotatable bonds is 1. The fraction of sp³-hybridized carbons (Fsp3) is 0.500. The summed E-state index contributed by atoms with van der Waals surface area (Å²) in [6.07, 6.45) is 2.37. The Labute approximate surface area is 123 Å². The molecule has 1 aromatic carbocycles. The van der Waals surface area contributed by atoms with Crippen LogP contribution in [0.1, 0.15) is 27.9 Å². The zero-order valence-corrected chi connectivity index (χ0v) is 11.9. The number of amides is 2. The molecule has 0 spiro atoms. The second-order valence-electron chi connectivity index (χ2n) is 5.87. The van der Waals surface area contributed by atoms with Gasteiger partial charge < -0.3 is 14.5 Å². The molecule has 4 rings (SSSR count). The molecule has 0 unspecified atom stereocenters. The number of morpholine rings is 1. The first-order chi connectivity index (χ1) is 10.2. The molecule has 3 aliphatic heterocycles. The first-order valence-electron chi connectivity index (χ1n) is 7.57. The first kappa shape index (κ1) is 12.8. The number of nitrogens with zero attached hydrogens (tertiary/aromatic N) is 2. The summed E-state index contributed by atoms with van der Waals surface area (Å²) in [6.45, 7) is 3.33. The SMILES string of the molecule is O=C(c1cc2c3c(c1)CC(=O)N3CCC2)N1CCOCC1. The minimum absolute atomic E-state index is 0.0637. The molecule has 0 aromatic heterocycles. The zero-order chi connectivity index (χ0) is 14.4. The highest BCUT2D eigenvalue weighted by atomic mass is 16.5. The van der Waals surface area contributed by atoms with Crippen molar-refractivity contribution in [1.29, 1.82) is 0 Å². The molecule has 1 aromatic rings. The van der Waals surface area contributed by atoms with Gasteiger partial charge in [0.1, 0.15) is 0 Å². The lowest BCUT2D eigenvalue weighted by Gasteiger charge is -2.29. The van der Waals surface area contributed by atoms with Crippen molar-refractivity contribution in [3.63, 3.8) is 0 Å². The van der Waals surface area contributed by atoms with Crippen LogP contribution in [0.15, 0.2) is 12.1 Å². The Balaban J connectivity index is 1.70. The molecule has 5 heteroatoms. The summed E-state index contributed by atoms with van der Waals surface area (Å²) in [5.74, 6) is 0.232. The summed E-state index contributed by atoms with van der Waals surface area (Å²) < 4.78 is 5.30. The van der Waals surface area contributed by atoms with Crippen molar-refractivity contribution < 1.29 is 14.3 Å². The van der Waals surface area contributed by atoms with Crippen molar-refractivity contribution in [2.75, 3.05) is 37.7 Å². The largest absolute Gasteiger partial charge is 0.378 e. The lowest BCUT2D eigenvalue weighted by Crippen LogP contribution is -2.40. The Kier molecular flexibility index (Phi) is 2.96. The number of carbonyl (C=O) groups is 2. The predicted octanol–water partition coefficient (Wildman–Crippen LogP) is 0.994. The number of anilines is 1. The van der Waals surface area contributed by atoms with E-state index in [9.17, 15) is 9.59 Å². The molecule has 1 fully saturated rings. The van der Waals surface area contributed by atoms with Crippen molar-refractivity contribution in [2.45, 2.75) is 19.3 Å². The Bertz CT molecular complexity index is 620. The van der Waals surface area contributed by atoms with Gasteiger partial charge in [-0.05, 0) is 36.1 Å². The zero-order valence-electron chi connectivity index (χ0n) is 11.9. The van der Waals surface area contributed by atoms with Gasteiger partial charge in [0, 0.05) is 25.2 Å². The molecule has 0 atom stereocenters. The van der Waals surface area contributed by atoms with Crippen LogP contribution in [0, 0.1) is 0 Å². The minimum Gasteiger partial charge on any atom is -0.378 e. The highest BCUT2D eigenvalue weighted by molar-refractivity contribution is 6.04. The minimum atomic E-state index is 0.0637. The van der Waals surface area contributed by atoms with Gasteiger partial charge >= 0.3 is 0 Å². The van der Waals surface area contributed by atoms with Crippen molar-refractivity contribution in [3.05, 3.63) is 28.8 Å². The number of hydrogen-bond donors (Lipinski definition) is 0. The number of carbonyl (C=O) groups excluding carboxylic acids is 2. The lowest BCUT2D eigenvalue weighted by molar-refractivity contribution is -0.117. The second kappa shape index (κ2) is 4.84. The van der Waals surface area contributed by atoms with E-state index in [4.69, 9.17) is 4.74 Å². The van der Waals surface area contributed by atoms with Crippen LogP contribution in [0.4, 0.5) is 5.69 Å². The van der Waals surface area contributed by atoms with E-state index in [1.807, 2.05) is 21.9 Å². The van der Waals surface area contributed by atoms with Gasteiger partial charge in [0.15, 0.2) is 0 Å². The molecule has 21 heavy (non-hydrogen) atoms. The standard InChI is InChI=1S/C16H18N2O3/c19-14-10-12-9-13(16(20)17-4-6-21-7-5-17)8-11-2-1-3-18(14)15(11)12/h8-9H,1-7,10H2. The quantitative estimate of drug-likeness (QED) is 0.773. The molecule has 3 heterocycles. The summed E-state index contributed by atoms with van der Waals surface area (Å²) in [6, 6.07) is 3.90. The summed E-state index contributed by atoms with van der Waals surface area (Å²) in [5.41, 5.74) is 3.97. The molecule has 2 amide bonds. The molecule has 0 aliphatic carbocycles. The maximum absolute atomic E-state index is 12.6. The van der Waals surface area contributed by atoms with Gasteiger partial charge in [0.2, 0.25) is 5.91 Å². The smallest absolute Gasteiger partial charge is 0.254 e. The highest BCUT2D eigenvalue weighted by Gasteiger charge is 2.33. The van der Waals surface area contributed by atoms with Crippen LogP contribution < -0.4 is 4.90 Å². The van der Waals surface area contributed by atoms with E-state index in [0.29, 0.717) is 32.7 Å². The summed E-state index contributed by atoms with van der Waals surface area (Å²) >= 11 is 0. The maximum atomic E-state index is 12.6. The van der Waals surface area contributed by atoms with E-state index in [1.54, 1.807) is 0 Å². The summed E-state index contributed by atoms with van der Waals surface area (Å²) in [7, 11) is 0. The summed E-state index contributed by atoms with van der Waals surface area (Å²) in [4.78, 5) is 28.4. The molecule has 110 valence electrons. The number of aryl methyl sites for hydroxylation is 1. The fourth-order valence-electron chi connectivity index (χ4n) is 3.55. The third-order valence-electron chi connectivity index (χ3n) is 4.55. The third kappa shape index (κ3) is 2.03. The molecule has 5 nitrogen and oxygen atoms in total. The molecular formula is C16H18N2O3. The lowest BCUT2D eigenvalue weighted by atomic mass is 9.96. The number of ether oxygens (including phenoxy) is 1. The van der Waals surface area contributed by atoms with E-state index in [1.165, 1.54) is 0 Å². The Morgan fingerprint density at radius 3 is 2.67 bits per heavy atom. The monoisotopic (exact) mass is 286 g/mol. The van der Waals surface area contributed by atoms with Crippen LogP contribution in [-0.2, 0) is 22.4 Å². The predicted molar refractivity (Wildman–Crippen MR) is 77.5 cm³/mol. The summed E-state index contributed by atoms with van der Waals surface area (Å²) in [5, 5.41) is 0. The molecule has 0 N–H and O–H groups in total. The van der Waals surface area contributed by atoms with Crippen molar-refractivity contribution >= 4 is 17.5 Å². The normalized spacial score (nSPS) is 20.7. The van der Waals surface area contributed by atoms with E-state index in [2.05, 4.69) is 0 Å². The third-order valence-corrected chi connectivity index (χ3v) is 4.55. The first-order valence-corrected chi connectivity index (χ1v) is 7.57. The average Bonchev–Trinajstić information content (AvgIpc) is 2.85. The number of hydrogen-bond acceptors (Lipinski definition) is 3. The van der Waals surface area contributed by atoms with Crippen molar-refractivity contribution in [3.8, 4) is 0 Å². The Morgan fingerprint density at radius 2 is 1.86 bits per heavy atom. The molecule has 0 bridgehead atoms. The van der Waals surface area contributed by atoms with Gasteiger partial charge in [-0.25, -0.2) is 0 Å². The van der Waals surface area contributed by atoms with Crippen molar-refractivity contribution in [2.24, 2.45) is 0 Å².